The van der Waals surface area contributed by atoms with Crippen molar-refractivity contribution >= 4 is 0 Å². The van der Waals surface area contributed by atoms with E-state index in [1.165, 1.54) is 19.2 Å². The zero-order valence-corrected chi connectivity index (χ0v) is 11.5. The topological polar surface area (TPSA) is 21.3 Å². The van der Waals surface area contributed by atoms with Gasteiger partial charge in [-0.2, -0.15) is 0 Å². The Balaban J connectivity index is 2.24. The van der Waals surface area contributed by atoms with Crippen molar-refractivity contribution in [3.05, 3.63) is 65.2 Å². The number of nitrogens with one attached hydrogen (secondary N) is 1. The van der Waals surface area contributed by atoms with E-state index in [1.54, 1.807) is 37.4 Å². The van der Waals surface area contributed by atoms with E-state index in [2.05, 4.69) is 5.32 Å². The van der Waals surface area contributed by atoms with Gasteiger partial charge >= 0.3 is 0 Å². The smallest absolute Gasteiger partial charge is 0.168 e. The van der Waals surface area contributed by atoms with Crippen molar-refractivity contribution in [1.29, 1.82) is 0 Å². The molecule has 0 fully saturated rings. The summed E-state index contributed by atoms with van der Waals surface area (Å²) in [5.74, 6) is -0.398. The second-order valence-electron chi connectivity index (χ2n) is 4.53. The third-order valence-corrected chi connectivity index (χ3v) is 3.31. The lowest BCUT2D eigenvalue weighted by atomic mass is 9.98. The van der Waals surface area contributed by atoms with Gasteiger partial charge in [-0.3, -0.25) is 0 Å². The molecule has 0 spiro atoms. The second kappa shape index (κ2) is 6.48. The van der Waals surface area contributed by atoms with Crippen molar-refractivity contribution in [2.45, 2.75) is 12.5 Å². The standard InChI is InChI=1S/C16H17F2NO/c1-19-14(11-6-8-13(17)9-7-11)10-12-4-3-5-15(20-2)16(12)18/h3-9,14,19H,10H2,1-2H3. The van der Waals surface area contributed by atoms with Crippen LogP contribution in [0, 0.1) is 11.6 Å². The molecule has 4 heteroatoms. The molecule has 1 atom stereocenters. The van der Waals surface area contributed by atoms with Crippen LogP contribution in [0.15, 0.2) is 42.5 Å². The number of hydrogen-bond donors (Lipinski definition) is 1. The molecule has 106 valence electrons. The first-order chi connectivity index (χ1) is 9.65. The molecule has 0 radical (unpaired) electrons. The van der Waals surface area contributed by atoms with E-state index < -0.39 is 0 Å². The highest BCUT2D eigenvalue weighted by molar-refractivity contribution is 5.33. The highest BCUT2D eigenvalue weighted by Crippen LogP contribution is 2.25. The van der Waals surface area contributed by atoms with Crippen LogP contribution >= 0.6 is 0 Å². The monoisotopic (exact) mass is 277 g/mol. The predicted octanol–water partition coefficient (Wildman–Crippen LogP) is 3.48. The highest BCUT2D eigenvalue weighted by atomic mass is 19.1. The Morgan fingerprint density at radius 3 is 2.40 bits per heavy atom. The number of halogens is 2. The third kappa shape index (κ3) is 3.14. The molecular formula is C16H17F2NO. The summed E-state index contributed by atoms with van der Waals surface area (Å²) in [5.41, 5.74) is 1.48. The van der Waals surface area contributed by atoms with Crippen molar-refractivity contribution < 1.29 is 13.5 Å². The molecule has 0 bridgehead atoms. The normalized spacial score (nSPS) is 12.2. The molecule has 0 aliphatic rings. The molecule has 2 rings (SSSR count). The summed E-state index contributed by atoms with van der Waals surface area (Å²) in [6.07, 6.45) is 0.463. The van der Waals surface area contributed by atoms with Gasteiger partial charge in [0.1, 0.15) is 5.82 Å². The zero-order valence-electron chi connectivity index (χ0n) is 11.5. The fourth-order valence-corrected chi connectivity index (χ4v) is 2.17. The van der Waals surface area contributed by atoms with Gasteiger partial charge in [-0.05, 0) is 42.8 Å². The molecular weight excluding hydrogens is 260 g/mol. The van der Waals surface area contributed by atoms with Gasteiger partial charge in [0.25, 0.3) is 0 Å². The van der Waals surface area contributed by atoms with Crippen molar-refractivity contribution in [3.63, 3.8) is 0 Å². The van der Waals surface area contributed by atoms with Gasteiger partial charge in [-0.25, -0.2) is 8.78 Å². The summed E-state index contributed by atoms with van der Waals surface area (Å²) < 4.78 is 32.1. The molecule has 0 aromatic heterocycles. The van der Waals surface area contributed by atoms with Crippen LogP contribution in [0.3, 0.4) is 0 Å². The van der Waals surface area contributed by atoms with Crippen molar-refractivity contribution in [1.82, 2.24) is 5.32 Å². The molecule has 0 heterocycles. The second-order valence-corrected chi connectivity index (χ2v) is 4.53. The van der Waals surface area contributed by atoms with Crippen LogP contribution in [0.25, 0.3) is 0 Å². The van der Waals surface area contributed by atoms with Crippen LogP contribution in [-0.2, 0) is 6.42 Å². The van der Waals surface area contributed by atoms with E-state index in [0.29, 0.717) is 12.0 Å². The van der Waals surface area contributed by atoms with Crippen molar-refractivity contribution in [2.75, 3.05) is 14.2 Å². The minimum Gasteiger partial charge on any atom is -0.494 e. The summed E-state index contributed by atoms with van der Waals surface area (Å²) in [6.45, 7) is 0. The van der Waals surface area contributed by atoms with Gasteiger partial charge in [-0.15, -0.1) is 0 Å². The van der Waals surface area contributed by atoms with E-state index >= 15 is 0 Å². The minimum atomic E-state index is -0.350. The molecule has 0 saturated heterocycles. The molecule has 2 aromatic carbocycles. The lowest BCUT2D eigenvalue weighted by Gasteiger charge is -2.17. The Hall–Kier alpha value is -1.94. The summed E-state index contributed by atoms with van der Waals surface area (Å²) in [5, 5.41) is 3.12. The SMILES string of the molecule is CNC(Cc1cccc(OC)c1F)c1ccc(F)cc1. The van der Waals surface area contributed by atoms with Crippen LogP contribution < -0.4 is 10.1 Å². The predicted molar refractivity (Wildman–Crippen MR) is 74.9 cm³/mol. The number of ether oxygens (including phenoxy) is 1. The molecule has 2 nitrogen and oxygen atoms in total. The van der Waals surface area contributed by atoms with Gasteiger partial charge in [-0.1, -0.05) is 24.3 Å². The first-order valence-electron chi connectivity index (χ1n) is 6.39. The Labute approximate surface area is 117 Å². The average Bonchev–Trinajstić information content (AvgIpc) is 2.47. The summed E-state index contributed by atoms with van der Waals surface area (Å²) in [7, 11) is 3.24. The van der Waals surface area contributed by atoms with Crippen LogP contribution in [0.5, 0.6) is 5.75 Å². The van der Waals surface area contributed by atoms with E-state index in [0.717, 1.165) is 5.56 Å². The van der Waals surface area contributed by atoms with Gasteiger partial charge in [0.15, 0.2) is 11.6 Å². The number of benzene rings is 2. The largest absolute Gasteiger partial charge is 0.494 e. The van der Waals surface area contributed by atoms with Crippen LogP contribution in [0.4, 0.5) is 8.78 Å². The molecule has 0 aliphatic carbocycles. The first kappa shape index (κ1) is 14.5. The Bertz CT molecular complexity index is 569. The summed E-state index contributed by atoms with van der Waals surface area (Å²) >= 11 is 0. The Kier molecular flexibility index (Phi) is 4.69. The molecule has 1 N–H and O–H groups in total. The first-order valence-corrected chi connectivity index (χ1v) is 6.39. The van der Waals surface area contributed by atoms with Crippen LogP contribution in [-0.4, -0.2) is 14.2 Å². The molecule has 0 aliphatic heterocycles. The average molecular weight is 277 g/mol. The van der Waals surface area contributed by atoms with Gasteiger partial charge < -0.3 is 10.1 Å². The molecule has 20 heavy (non-hydrogen) atoms. The molecule has 0 saturated carbocycles. The quantitative estimate of drug-likeness (QED) is 0.903. The molecule has 0 amide bonds. The number of likely N-dealkylation sites (N-methyl/N-ethyl adjacent to an activating group) is 1. The number of rotatable bonds is 5. The van der Waals surface area contributed by atoms with Crippen molar-refractivity contribution in [2.24, 2.45) is 0 Å². The van der Waals surface area contributed by atoms with Gasteiger partial charge in [0.2, 0.25) is 0 Å². The van der Waals surface area contributed by atoms with Crippen LogP contribution in [0.1, 0.15) is 17.2 Å². The van der Waals surface area contributed by atoms with E-state index in [9.17, 15) is 8.78 Å². The molecule has 1 unspecified atom stereocenters. The molecule has 2 aromatic rings. The Morgan fingerprint density at radius 2 is 1.80 bits per heavy atom. The number of methoxy groups -OCH3 is 1. The third-order valence-electron chi connectivity index (χ3n) is 3.31. The zero-order chi connectivity index (χ0) is 14.5. The minimum absolute atomic E-state index is 0.0859. The van der Waals surface area contributed by atoms with Gasteiger partial charge in [0.05, 0.1) is 7.11 Å². The summed E-state index contributed by atoms with van der Waals surface area (Å²) in [4.78, 5) is 0. The lowest BCUT2D eigenvalue weighted by molar-refractivity contribution is 0.383. The van der Waals surface area contributed by atoms with E-state index in [1.807, 2.05) is 0 Å². The fraction of sp³-hybridized carbons (Fsp3) is 0.250. The summed E-state index contributed by atoms with van der Waals surface area (Å²) in [6, 6.07) is 11.2. The Morgan fingerprint density at radius 1 is 1.10 bits per heavy atom. The van der Waals surface area contributed by atoms with E-state index in [-0.39, 0.29) is 23.4 Å². The number of hydrogen-bond acceptors (Lipinski definition) is 2. The maximum Gasteiger partial charge on any atom is 0.168 e. The highest BCUT2D eigenvalue weighted by Gasteiger charge is 2.15. The van der Waals surface area contributed by atoms with Crippen LogP contribution in [0.2, 0.25) is 0 Å². The lowest BCUT2D eigenvalue weighted by Crippen LogP contribution is -2.19. The fourth-order valence-electron chi connectivity index (χ4n) is 2.17. The maximum atomic E-state index is 14.1. The van der Waals surface area contributed by atoms with Gasteiger partial charge in [0, 0.05) is 6.04 Å². The van der Waals surface area contributed by atoms with Crippen molar-refractivity contribution in [3.8, 4) is 5.75 Å². The maximum absolute atomic E-state index is 14.1. The van der Waals surface area contributed by atoms with E-state index in [4.69, 9.17) is 4.74 Å².